The third-order valence-electron chi connectivity index (χ3n) is 16.3. The first-order chi connectivity index (χ1) is 37.0. The van der Waals surface area contributed by atoms with E-state index in [1.165, 1.54) is 43.0 Å². The Hall–Kier alpha value is -6.08. The summed E-state index contributed by atoms with van der Waals surface area (Å²) in [4.78, 5) is 80.8. The number of carbonyl (C=O) groups is 4. The highest BCUT2D eigenvalue weighted by Crippen LogP contribution is 2.43. The Morgan fingerprint density at radius 3 is 2.37 bits per heavy atom. The lowest BCUT2D eigenvalue weighted by atomic mass is 9.73. The molecule has 0 aliphatic carbocycles. The monoisotopic (exact) mass is 1090 g/mol. The van der Waals surface area contributed by atoms with Gasteiger partial charge in [0.2, 0.25) is 0 Å². The van der Waals surface area contributed by atoms with E-state index in [-0.39, 0.29) is 30.9 Å². The summed E-state index contributed by atoms with van der Waals surface area (Å²) >= 11 is 0. The number of likely N-dealkylation sites (N-methyl/N-ethyl adjacent to an activating group) is 1. The largest absolute Gasteiger partial charge is 0.458 e. The topological polar surface area (TPSA) is 286 Å². The smallest absolute Gasteiger partial charge is 0.410 e. The number of ether oxygens (including phenoxy) is 5. The fourth-order valence-corrected chi connectivity index (χ4v) is 11.7. The maximum atomic E-state index is 15.0. The Morgan fingerprint density at radius 2 is 1.72 bits per heavy atom. The third kappa shape index (κ3) is 12.8. The number of benzene rings is 1. The Bertz CT molecular complexity index is 2690. The standard InChI is InChI=1S/C55H77N9O14/c1-11-44-55(8)49(62(53(71)78-55)23-13-12-22-61-29-41(57-31-61)38-15-14-21-56-27-38)34(4)45(66)32(2)26-54(7,74-10)50(35(5)46(67)36(6)51(70)76-44)77-52-48(69)42(25-33(3)75-52)60(9)24-20-39-28-63(59-58-39)43(30-65)47(68)37-16-18-40(19-17-37)64(72)73/h14-19,21,27-29,31-36,42-44,47-50,52,65,68-69H,11-13,20,22-26,30H2,1-10H3/t32-,33-,34+,35+,36-,42+,43-,44-,47-,48-,49-,50-,52+,54-,55-/m1/s1. The minimum absolute atomic E-state index is 0.0413. The molecule has 3 aliphatic rings. The van der Waals surface area contributed by atoms with Crippen LogP contribution in [0, 0.1) is 33.8 Å². The fourth-order valence-electron chi connectivity index (χ4n) is 11.7. The van der Waals surface area contributed by atoms with Crippen LogP contribution >= 0.6 is 0 Å². The van der Waals surface area contributed by atoms with Gasteiger partial charge >= 0.3 is 12.1 Å². The lowest BCUT2D eigenvalue weighted by Crippen LogP contribution is -2.60. The highest BCUT2D eigenvalue weighted by atomic mass is 16.7. The van der Waals surface area contributed by atoms with E-state index in [0.29, 0.717) is 50.0 Å². The average molecular weight is 1090 g/mol. The number of nitro groups is 1. The number of amides is 1. The van der Waals surface area contributed by atoms with E-state index in [2.05, 4.69) is 20.3 Å². The fraction of sp³-hybridized carbons (Fsp3) is 0.636. The second kappa shape index (κ2) is 25.4. The van der Waals surface area contributed by atoms with Crippen molar-refractivity contribution in [3.8, 4) is 11.3 Å². The second-order valence-electron chi connectivity index (χ2n) is 21.8. The molecule has 1 aromatic carbocycles. The lowest BCUT2D eigenvalue weighted by Gasteiger charge is -2.47. The molecule has 3 N–H and O–H groups in total. The van der Waals surface area contributed by atoms with Crippen molar-refractivity contribution in [3.63, 3.8) is 0 Å². The van der Waals surface area contributed by atoms with E-state index in [1.807, 2.05) is 41.8 Å². The average Bonchev–Trinajstić information content (AvgIpc) is 4.20. The molecular formula is C55H77N9O14. The highest BCUT2D eigenvalue weighted by Gasteiger charge is 2.60. The zero-order chi connectivity index (χ0) is 56.8. The van der Waals surface area contributed by atoms with E-state index < -0.39 is 119 Å². The number of ketones is 2. The minimum Gasteiger partial charge on any atom is -0.458 e. The Morgan fingerprint density at radius 1 is 1.00 bits per heavy atom. The number of nitrogens with zero attached hydrogens (tertiary/aromatic N) is 9. The molecule has 1 amide bonds. The molecule has 3 saturated heterocycles. The summed E-state index contributed by atoms with van der Waals surface area (Å²) in [5, 5.41) is 53.0. The quantitative estimate of drug-likeness (QED) is 0.0353. The number of hydrogen-bond donors (Lipinski definition) is 3. The Labute approximate surface area is 454 Å². The summed E-state index contributed by atoms with van der Waals surface area (Å²) in [7, 11) is 3.29. The summed E-state index contributed by atoms with van der Waals surface area (Å²) in [6.07, 6.45) is 3.86. The number of aromatic nitrogens is 6. The number of hydrogen-bond acceptors (Lipinski definition) is 19. The molecule has 0 bridgehead atoms. The van der Waals surface area contributed by atoms with Gasteiger partial charge in [-0.15, -0.1) is 5.10 Å². The van der Waals surface area contributed by atoms with Crippen LogP contribution < -0.4 is 0 Å². The van der Waals surface area contributed by atoms with E-state index in [4.69, 9.17) is 23.7 Å². The molecule has 3 aromatic heterocycles. The van der Waals surface area contributed by atoms with Crippen LogP contribution in [-0.2, 0) is 51.0 Å². The number of aryl methyl sites for hydroxylation is 1. The molecule has 426 valence electrons. The van der Waals surface area contributed by atoms with Crippen LogP contribution in [0.25, 0.3) is 11.3 Å². The molecular weight excluding hydrogens is 1010 g/mol. The zero-order valence-electron chi connectivity index (χ0n) is 46.3. The molecule has 78 heavy (non-hydrogen) atoms. The summed E-state index contributed by atoms with van der Waals surface area (Å²) in [5.74, 6) is -5.52. The third-order valence-corrected chi connectivity index (χ3v) is 16.3. The van der Waals surface area contributed by atoms with E-state index >= 15 is 0 Å². The van der Waals surface area contributed by atoms with Crippen molar-refractivity contribution in [2.45, 2.75) is 167 Å². The number of Topliss-reactive ketones (excluding diaryl/α,β-unsaturated/α-hetero) is 2. The molecule has 6 heterocycles. The number of methoxy groups -OCH3 is 1. The van der Waals surface area contributed by atoms with Gasteiger partial charge in [0.05, 0.1) is 53.1 Å². The van der Waals surface area contributed by atoms with Crippen molar-refractivity contribution in [3.05, 3.63) is 88.9 Å². The molecule has 3 fully saturated rings. The van der Waals surface area contributed by atoms with Crippen molar-refractivity contribution in [2.24, 2.45) is 23.7 Å². The first-order valence-electron chi connectivity index (χ1n) is 26.9. The molecule has 0 unspecified atom stereocenters. The predicted molar refractivity (Wildman–Crippen MR) is 281 cm³/mol. The van der Waals surface area contributed by atoms with Crippen LogP contribution in [0.1, 0.15) is 111 Å². The van der Waals surface area contributed by atoms with Crippen molar-refractivity contribution in [1.82, 2.24) is 39.3 Å². The molecule has 0 radical (unpaired) electrons. The van der Waals surface area contributed by atoms with Gasteiger partial charge in [0.25, 0.3) is 5.69 Å². The number of fused-ring (bicyclic) bond motifs is 1. The number of carbonyl (C=O) groups excluding carboxylic acids is 4. The highest BCUT2D eigenvalue weighted by molar-refractivity contribution is 6.00. The second-order valence-corrected chi connectivity index (χ2v) is 21.8. The van der Waals surface area contributed by atoms with Crippen molar-refractivity contribution in [1.29, 1.82) is 0 Å². The number of cyclic esters (lactones) is 1. The van der Waals surface area contributed by atoms with E-state index in [1.54, 1.807) is 71.4 Å². The van der Waals surface area contributed by atoms with Gasteiger partial charge in [0.1, 0.15) is 36.1 Å². The molecule has 15 atom stereocenters. The number of aliphatic hydroxyl groups is 3. The Kier molecular flexibility index (Phi) is 19.4. The maximum Gasteiger partial charge on any atom is 0.410 e. The van der Waals surface area contributed by atoms with Gasteiger partial charge in [-0.1, -0.05) is 32.9 Å². The van der Waals surface area contributed by atoms with Crippen LogP contribution in [0.4, 0.5) is 10.5 Å². The normalized spacial score (nSPS) is 31.1. The van der Waals surface area contributed by atoms with Gasteiger partial charge in [0.15, 0.2) is 17.7 Å². The van der Waals surface area contributed by atoms with Gasteiger partial charge in [-0.2, -0.15) is 0 Å². The summed E-state index contributed by atoms with van der Waals surface area (Å²) in [5.41, 5.74) is -0.442. The molecule has 4 aromatic rings. The summed E-state index contributed by atoms with van der Waals surface area (Å²) < 4.78 is 35.1. The van der Waals surface area contributed by atoms with Crippen LogP contribution in [0.5, 0.6) is 0 Å². The molecule has 23 nitrogen and oxygen atoms in total. The number of rotatable bonds is 19. The molecule has 23 heteroatoms. The first kappa shape index (κ1) is 59.6. The summed E-state index contributed by atoms with van der Waals surface area (Å²) in [6, 6.07) is 6.83. The van der Waals surface area contributed by atoms with Crippen LogP contribution in [0.15, 0.2) is 67.5 Å². The van der Waals surface area contributed by atoms with Gasteiger partial charge < -0.3 is 53.4 Å². The first-order valence-corrected chi connectivity index (χ1v) is 26.9. The van der Waals surface area contributed by atoms with Crippen LogP contribution in [-0.4, -0.2) is 171 Å². The SMILES string of the molecule is CC[C@H]1OC(=O)[C@H](C)C(=O)[C@H](C)[C@@H](O[C@@H]2O[C@H](C)C[C@H](N(C)CCc3cn([C@H](CO)[C@H](O)c4ccc([N+](=O)[O-])cc4)nn3)[C@H]2O)[C@](C)(OC)C[C@@H](C)C(=O)[C@H](C)[C@H]2N(CCCCn3cnc(-c4cccnc4)c3)C(=O)O[C@]12C. The number of esters is 1. The number of imidazole rings is 1. The van der Waals surface area contributed by atoms with Gasteiger partial charge in [0, 0.05) is 99.4 Å². The van der Waals surface area contributed by atoms with Gasteiger partial charge in [-0.3, -0.25) is 29.5 Å². The minimum atomic E-state index is -1.47. The summed E-state index contributed by atoms with van der Waals surface area (Å²) in [6.45, 7) is 14.4. The molecule has 0 saturated carbocycles. The van der Waals surface area contributed by atoms with Crippen molar-refractivity contribution < 1.29 is 63.1 Å². The maximum absolute atomic E-state index is 15.0. The number of pyridine rings is 1. The lowest BCUT2D eigenvalue weighted by molar-refractivity contribution is -0.384. The van der Waals surface area contributed by atoms with E-state index in [9.17, 15) is 44.6 Å². The van der Waals surface area contributed by atoms with Gasteiger partial charge in [-0.05, 0) is 96.7 Å². The van der Waals surface area contributed by atoms with E-state index in [0.717, 1.165) is 11.3 Å². The Balaban J connectivity index is 1.07. The molecule has 0 spiro atoms. The van der Waals surface area contributed by atoms with Crippen molar-refractivity contribution >= 4 is 29.3 Å². The zero-order valence-corrected chi connectivity index (χ0v) is 46.3. The van der Waals surface area contributed by atoms with Crippen molar-refractivity contribution in [2.75, 3.05) is 33.9 Å². The number of unbranched alkanes of at least 4 members (excludes halogenated alkanes) is 1. The molecule has 7 rings (SSSR count). The van der Waals surface area contributed by atoms with Crippen LogP contribution in [0.2, 0.25) is 0 Å². The van der Waals surface area contributed by atoms with Crippen LogP contribution in [0.3, 0.4) is 0 Å². The number of aliphatic hydroxyl groups excluding tert-OH is 3. The number of nitro benzene ring substituents is 1. The predicted octanol–water partition coefficient (Wildman–Crippen LogP) is 5.31. The molecule has 3 aliphatic heterocycles. The number of non-ortho nitro benzene ring substituents is 1. The van der Waals surface area contributed by atoms with Gasteiger partial charge in [-0.25, -0.2) is 14.5 Å².